The second-order valence-corrected chi connectivity index (χ2v) is 5.20. The Hall–Kier alpha value is -1.87. The van der Waals surface area contributed by atoms with E-state index in [-0.39, 0.29) is 0 Å². The second-order valence-electron chi connectivity index (χ2n) is 4.17. The number of fused-ring (bicyclic) bond motifs is 1. The van der Waals surface area contributed by atoms with E-state index in [1.54, 1.807) is 11.3 Å². The highest BCUT2D eigenvalue weighted by molar-refractivity contribution is 7.22. The lowest BCUT2D eigenvalue weighted by molar-refractivity contribution is 1.14. The number of thiazole rings is 1. The topological polar surface area (TPSA) is 24.9 Å². The summed E-state index contributed by atoms with van der Waals surface area (Å²) in [5, 5.41) is 4.32. The summed E-state index contributed by atoms with van der Waals surface area (Å²) in [7, 11) is 0. The van der Waals surface area contributed by atoms with Crippen LogP contribution in [0.2, 0.25) is 0 Å². The van der Waals surface area contributed by atoms with Crippen LogP contribution >= 0.6 is 11.3 Å². The number of hydrogen-bond acceptors (Lipinski definition) is 3. The van der Waals surface area contributed by atoms with Gasteiger partial charge in [0.15, 0.2) is 5.13 Å². The van der Waals surface area contributed by atoms with Crippen molar-refractivity contribution in [2.45, 2.75) is 13.3 Å². The molecule has 0 amide bonds. The maximum absolute atomic E-state index is 4.57. The minimum absolute atomic E-state index is 0.949. The molecule has 0 fully saturated rings. The van der Waals surface area contributed by atoms with E-state index in [4.69, 9.17) is 0 Å². The van der Waals surface area contributed by atoms with Gasteiger partial charge in [0.05, 0.1) is 10.2 Å². The first-order chi connectivity index (χ1) is 8.85. The summed E-state index contributed by atoms with van der Waals surface area (Å²) in [4.78, 5) is 4.57. The van der Waals surface area contributed by atoms with Crippen LogP contribution in [-0.4, -0.2) is 4.98 Å². The Labute approximate surface area is 110 Å². The van der Waals surface area contributed by atoms with Crippen molar-refractivity contribution in [2.75, 3.05) is 5.32 Å². The van der Waals surface area contributed by atoms with E-state index in [1.165, 1.54) is 10.3 Å². The van der Waals surface area contributed by atoms with Crippen molar-refractivity contribution in [3.05, 3.63) is 54.1 Å². The molecule has 0 aliphatic rings. The van der Waals surface area contributed by atoms with Crippen LogP contribution in [0.4, 0.5) is 10.8 Å². The molecule has 1 heterocycles. The fraction of sp³-hybridized carbons (Fsp3) is 0.133. The Balaban J connectivity index is 1.91. The minimum Gasteiger partial charge on any atom is -0.332 e. The number of para-hydroxylation sites is 1. The van der Waals surface area contributed by atoms with E-state index in [9.17, 15) is 0 Å². The summed E-state index contributed by atoms with van der Waals surface area (Å²) >= 11 is 1.68. The van der Waals surface area contributed by atoms with Crippen molar-refractivity contribution in [2.24, 2.45) is 0 Å². The van der Waals surface area contributed by atoms with E-state index in [2.05, 4.69) is 47.6 Å². The molecule has 2 nitrogen and oxygen atoms in total. The van der Waals surface area contributed by atoms with E-state index in [0.29, 0.717) is 0 Å². The van der Waals surface area contributed by atoms with Gasteiger partial charge in [-0.05, 0) is 36.2 Å². The molecule has 90 valence electrons. The van der Waals surface area contributed by atoms with E-state index < -0.39 is 0 Å². The number of nitrogens with one attached hydrogen (secondary N) is 1. The average Bonchev–Trinajstić information content (AvgIpc) is 2.81. The predicted molar refractivity (Wildman–Crippen MR) is 78.7 cm³/mol. The van der Waals surface area contributed by atoms with Gasteiger partial charge in [0.25, 0.3) is 0 Å². The average molecular weight is 254 g/mol. The highest BCUT2D eigenvalue weighted by Gasteiger charge is 2.03. The summed E-state index contributed by atoms with van der Waals surface area (Å²) in [5.41, 5.74) is 3.49. The van der Waals surface area contributed by atoms with Gasteiger partial charge in [-0.15, -0.1) is 0 Å². The molecule has 2 aromatic carbocycles. The van der Waals surface area contributed by atoms with E-state index >= 15 is 0 Å². The zero-order chi connectivity index (χ0) is 12.4. The summed E-state index contributed by atoms with van der Waals surface area (Å²) in [5.74, 6) is 0. The first-order valence-electron chi connectivity index (χ1n) is 6.06. The van der Waals surface area contributed by atoms with E-state index in [1.807, 2.05) is 18.2 Å². The van der Waals surface area contributed by atoms with Crippen LogP contribution in [0.25, 0.3) is 10.2 Å². The number of aromatic nitrogens is 1. The number of nitrogens with zero attached hydrogens (tertiary/aromatic N) is 1. The normalized spacial score (nSPS) is 10.7. The minimum atomic E-state index is 0.949. The van der Waals surface area contributed by atoms with Gasteiger partial charge >= 0.3 is 0 Å². The molecule has 3 aromatic rings. The van der Waals surface area contributed by atoms with Crippen molar-refractivity contribution in [3.8, 4) is 0 Å². The lowest BCUT2D eigenvalue weighted by Gasteiger charge is -2.03. The molecule has 0 atom stereocenters. The lowest BCUT2D eigenvalue weighted by atomic mass is 10.1. The molecular weight excluding hydrogens is 240 g/mol. The van der Waals surface area contributed by atoms with Gasteiger partial charge in [-0.3, -0.25) is 0 Å². The molecule has 0 aliphatic heterocycles. The molecule has 18 heavy (non-hydrogen) atoms. The molecule has 0 aliphatic carbocycles. The molecule has 3 rings (SSSR count). The monoisotopic (exact) mass is 254 g/mol. The maximum atomic E-state index is 4.57. The molecule has 0 saturated carbocycles. The number of hydrogen-bond donors (Lipinski definition) is 1. The summed E-state index contributed by atoms with van der Waals surface area (Å²) in [6.45, 7) is 2.16. The first kappa shape index (κ1) is 11.2. The third kappa shape index (κ3) is 2.22. The highest BCUT2D eigenvalue weighted by atomic mass is 32.1. The Morgan fingerprint density at radius 1 is 1.11 bits per heavy atom. The predicted octanol–water partition coefficient (Wildman–Crippen LogP) is 4.60. The van der Waals surface area contributed by atoms with Gasteiger partial charge in [-0.2, -0.15) is 0 Å². The number of rotatable bonds is 3. The van der Waals surface area contributed by atoms with Crippen molar-refractivity contribution in [1.82, 2.24) is 4.98 Å². The number of anilines is 2. The zero-order valence-electron chi connectivity index (χ0n) is 10.2. The molecule has 1 N–H and O–H groups in total. The van der Waals surface area contributed by atoms with Crippen LogP contribution in [-0.2, 0) is 6.42 Å². The molecule has 1 aromatic heterocycles. The molecule has 0 bridgehead atoms. The Bertz CT molecular complexity index is 640. The van der Waals surface area contributed by atoms with Crippen LogP contribution in [0.3, 0.4) is 0 Å². The number of benzene rings is 2. The summed E-state index contributed by atoms with van der Waals surface area (Å²) in [6.07, 6.45) is 1.05. The molecule has 0 unspecified atom stereocenters. The van der Waals surface area contributed by atoms with Crippen LogP contribution in [0.5, 0.6) is 0 Å². The SMILES string of the molecule is CCc1cccc(Nc2nc3ccccc3s2)c1. The van der Waals surface area contributed by atoms with Crippen molar-refractivity contribution >= 4 is 32.4 Å². The van der Waals surface area contributed by atoms with Gasteiger partial charge in [-0.1, -0.05) is 42.5 Å². The van der Waals surface area contributed by atoms with Gasteiger partial charge in [0.2, 0.25) is 0 Å². The standard InChI is InChI=1S/C15H14N2S/c1-2-11-6-5-7-12(10-11)16-15-17-13-8-3-4-9-14(13)18-15/h3-10H,2H2,1H3,(H,16,17). The molecule has 0 saturated heterocycles. The maximum Gasteiger partial charge on any atom is 0.188 e. The smallest absolute Gasteiger partial charge is 0.188 e. The second kappa shape index (κ2) is 4.78. The first-order valence-corrected chi connectivity index (χ1v) is 6.88. The Morgan fingerprint density at radius 2 is 2.00 bits per heavy atom. The van der Waals surface area contributed by atoms with Gasteiger partial charge < -0.3 is 5.32 Å². The molecular formula is C15H14N2S. The lowest BCUT2D eigenvalue weighted by Crippen LogP contribution is -1.90. The Morgan fingerprint density at radius 3 is 2.83 bits per heavy atom. The molecule has 0 spiro atoms. The Kier molecular flexibility index (Phi) is 2.99. The van der Waals surface area contributed by atoms with Crippen LogP contribution < -0.4 is 5.32 Å². The van der Waals surface area contributed by atoms with Crippen molar-refractivity contribution < 1.29 is 0 Å². The van der Waals surface area contributed by atoms with Crippen LogP contribution in [0.15, 0.2) is 48.5 Å². The van der Waals surface area contributed by atoms with Crippen molar-refractivity contribution in [3.63, 3.8) is 0 Å². The fourth-order valence-electron chi connectivity index (χ4n) is 1.92. The van der Waals surface area contributed by atoms with Gasteiger partial charge in [0, 0.05) is 5.69 Å². The zero-order valence-corrected chi connectivity index (χ0v) is 11.0. The third-order valence-corrected chi connectivity index (χ3v) is 3.83. The quantitative estimate of drug-likeness (QED) is 0.738. The summed E-state index contributed by atoms with van der Waals surface area (Å²) < 4.78 is 1.21. The van der Waals surface area contributed by atoms with Gasteiger partial charge in [0.1, 0.15) is 0 Å². The molecule has 0 radical (unpaired) electrons. The number of aryl methyl sites for hydroxylation is 1. The summed E-state index contributed by atoms with van der Waals surface area (Å²) in [6, 6.07) is 16.7. The largest absolute Gasteiger partial charge is 0.332 e. The van der Waals surface area contributed by atoms with Crippen LogP contribution in [0.1, 0.15) is 12.5 Å². The van der Waals surface area contributed by atoms with Crippen LogP contribution in [0, 0.1) is 0 Å². The molecule has 3 heteroatoms. The van der Waals surface area contributed by atoms with E-state index in [0.717, 1.165) is 22.8 Å². The highest BCUT2D eigenvalue weighted by Crippen LogP contribution is 2.28. The third-order valence-electron chi connectivity index (χ3n) is 2.88. The van der Waals surface area contributed by atoms with Crippen molar-refractivity contribution in [1.29, 1.82) is 0 Å². The fourth-order valence-corrected chi connectivity index (χ4v) is 2.80. The van der Waals surface area contributed by atoms with Gasteiger partial charge in [-0.25, -0.2) is 4.98 Å².